The number of nitrogens with one attached hydrogen (secondary N) is 2. The molecule has 154 valence electrons. The summed E-state index contributed by atoms with van der Waals surface area (Å²) in [4.78, 5) is 36.2. The number of aryl methyl sites for hydroxylation is 1. The van der Waals surface area contributed by atoms with E-state index in [0.717, 1.165) is 56.9 Å². The molecule has 1 saturated heterocycles. The number of amides is 1. The van der Waals surface area contributed by atoms with Gasteiger partial charge in [0, 0.05) is 62.1 Å². The number of benzene rings is 1. The van der Waals surface area contributed by atoms with Crippen molar-refractivity contribution in [1.82, 2.24) is 24.8 Å². The second-order valence-corrected chi connectivity index (χ2v) is 7.01. The molecule has 3 N–H and O–H groups in total. The van der Waals surface area contributed by atoms with Gasteiger partial charge >= 0.3 is 0 Å². The van der Waals surface area contributed by atoms with Crippen LogP contribution in [0.2, 0.25) is 0 Å². The van der Waals surface area contributed by atoms with Gasteiger partial charge in [0.25, 0.3) is 6.47 Å². The van der Waals surface area contributed by atoms with Gasteiger partial charge in [-0.05, 0) is 24.5 Å². The fourth-order valence-electron chi connectivity index (χ4n) is 3.71. The first-order valence-electron chi connectivity index (χ1n) is 9.82. The van der Waals surface area contributed by atoms with Crippen molar-refractivity contribution in [2.75, 3.05) is 26.2 Å². The number of rotatable bonds is 5. The van der Waals surface area contributed by atoms with Crippen molar-refractivity contribution in [1.29, 1.82) is 0 Å². The number of hydrogen-bond donors (Lipinski definition) is 3. The van der Waals surface area contributed by atoms with E-state index in [2.05, 4.69) is 32.0 Å². The molecule has 0 unspecified atom stereocenters. The van der Waals surface area contributed by atoms with Crippen molar-refractivity contribution in [3.63, 3.8) is 0 Å². The van der Waals surface area contributed by atoms with Crippen molar-refractivity contribution in [3.05, 3.63) is 54.2 Å². The van der Waals surface area contributed by atoms with Gasteiger partial charge in [0.05, 0.1) is 6.54 Å². The van der Waals surface area contributed by atoms with Gasteiger partial charge < -0.3 is 20.0 Å². The summed E-state index contributed by atoms with van der Waals surface area (Å²) < 4.78 is 0. The van der Waals surface area contributed by atoms with Crippen LogP contribution in [0.15, 0.2) is 42.9 Å². The van der Waals surface area contributed by atoms with Crippen LogP contribution in [0.25, 0.3) is 10.9 Å². The minimum atomic E-state index is -0.250. The van der Waals surface area contributed by atoms with E-state index in [-0.39, 0.29) is 12.4 Å². The summed E-state index contributed by atoms with van der Waals surface area (Å²) >= 11 is 0. The number of fused-ring (bicyclic) bond motifs is 1. The van der Waals surface area contributed by atoms with Crippen molar-refractivity contribution in [2.24, 2.45) is 0 Å². The molecule has 1 aliphatic heterocycles. The molecular weight excluding hydrogens is 370 g/mol. The summed E-state index contributed by atoms with van der Waals surface area (Å²) in [6, 6.07) is 8.26. The molecule has 0 saturated carbocycles. The first-order chi connectivity index (χ1) is 14.2. The van der Waals surface area contributed by atoms with E-state index >= 15 is 0 Å². The monoisotopic (exact) mass is 397 g/mol. The highest BCUT2D eigenvalue weighted by Crippen LogP contribution is 2.19. The normalized spacial score (nSPS) is 14.8. The SMILES string of the molecule is O=C(CCc1c[nH]c2ccccc12)N1CCCN(Cc2ncc[nH]2)CC1.O=CO. The van der Waals surface area contributed by atoms with Gasteiger partial charge in [-0.1, -0.05) is 18.2 Å². The average Bonchev–Trinajstić information content (AvgIpc) is 3.32. The third-order valence-corrected chi connectivity index (χ3v) is 5.15. The maximum Gasteiger partial charge on any atom is 0.290 e. The van der Waals surface area contributed by atoms with Gasteiger partial charge in [0.15, 0.2) is 0 Å². The van der Waals surface area contributed by atoms with Crippen LogP contribution in [0.1, 0.15) is 24.2 Å². The molecule has 0 radical (unpaired) electrons. The number of aromatic amines is 2. The van der Waals surface area contributed by atoms with Crippen LogP contribution in [-0.4, -0.2) is 68.4 Å². The lowest BCUT2D eigenvalue weighted by molar-refractivity contribution is -0.131. The van der Waals surface area contributed by atoms with Crippen LogP contribution >= 0.6 is 0 Å². The molecule has 0 spiro atoms. The maximum absolute atomic E-state index is 12.7. The topological polar surface area (TPSA) is 105 Å². The van der Waals surface area contributed by atoms with Crippen molar-refractivity contribution in [2.45, 2.75) is 25.8 Å². The van der Waals surface area contributed by atoms with Crippen LogP contribution in [0.3, 0.4) is 0 Å². The molecule has 29 heavy (non-hydrogen) atoms. The van der Waals surface area contributed by atoms with Crippen LogP contribution < -0.4 is 0 Å². The summed E-state index contributed by atoms with van der Waals surface area (Å²) in [5.41, 5.74) is 2.36. The lowest BCUT2D eigenvalue weighted by Crippen LogP contribution is -2.35. The standard InChI is InChI=1S/C20H25N5O.CH2O2/c26-20(7-6-16-14-23-18-5-2-1-4-17(16)18)25-11-3-10-24(12-13-25)15-19-21-8-9-22-19;2-1-3/h1-2,4-5,8-9,14,23H,3,6-7,10-13,15H2,(H,21,22);1H,(H,2,3). The van der Waals surface area contributed by atoms with E-state index in [1.54, 1.807) is 6.20 Å². The highest BCUT2D eigenvalue weighted by molar-refractivity contribution is 5.84. The Labute approximate surface area is 169 Å². The number of nitrogens with zero attached hydrogens (tertiary/aromatic N) is 3. The van der Waals surface area contributed by atoms with Gasteiger partial charge in [-0.2, -0.15) is 0 Å². The highest BCUT2D eigenvalue weighted by atomic mass is 16.3. The number of hydrogen-bond acceptors (Lipinski definition) is 4. The zero-order valence-corrected chi connectivity index (χ0v) is 16.4. The first-order valence-corrected chi connectivity index (χ1v) is 9.82. The molecule has 8 nitrogen and oxygen atoms in total. The molecule has 1 amide bonds. The lowest BCUT2D eigenvalue weighted by Gasteiger charge is -2.21. The number of carbonyl (C=O) groups excluding carboxylic acids is 1. The molecule has 1 aliphatic rings. The molecule has 8 heteroatoms. The quantitative estimate of drug-likeness (QED) is 0.573. The Morgan fingerprint density at radius 3 is 2.79 bits per heavy atom. The summed E-state index contributed by atoms with van der Waals surface area (Å²) in [6.45, 7) is 4.13. The Morgan fingerprint density at radius 2 is 2.00 bits per heavy atom. The van der Waals surface area contributed by atoms with Gasteiger partial charge in [-0.25, -0.2) is 4.98 Å². The predicted molar refractivity (Wildman–Crippen MR) is 110 cm³/mol. The van der Waals surface area contributed by atoms with Gasteiger partial charge in [0.1, 0.15) is 5.82 Å². The van der Waals surface area contributed by atoms with Gasteiger partial charge in [0.2, 0.25) is 5.91 Å². The Bertz CT molecular complexity index is 906. The number of carboxylic acid groups (broad SMARTS) is 1. The third kappa shape index (κ3) is 5.68. The molecule has 3 heterocycles. The Morgan fingerprint density at radius 1 is 1.17 bits per heavy atom. The summed E-state index contributed by atoms with van der Waals surface area (Å²) in [5, 5.41) is 8.11. The second-order valence-electron chi connectivity index (χ2n) is 7.01. The molecule has 0 aliphatic carbocycles. The molecular formula is C21H27N5O3. The molecule has 2 aromatic heterocycles. The zero-order valence-electron chi connectivity index (χ0n) is 16.4. The van der Waals surface area contributed by atoms with Crippen LogP contribution in [0, 0.1) is 0 Å². The fraction of sp³-hybridized carbons (Fsp3) is 0.381. The van der Waals surface area contributed by atoms with Crippen molar-refractivity contribution < 1.29 is 14.7 Å². The maximum atomic E-state index is 12.7. The molecule has 1 fully saturated rings. The second kappa shape index (κ2) is 10.4. The van der Waals surface area contributed by atoms with Crippen molar-refractivity contribution in [3.8, 4) is 0 Å². The first kappa shape index (κ1) is 20.6. The molecule has 3 aromatic rings. The smallest absolute Gasteiger partial charge is 0.290 e. The van der Waals surface area contributed by atoms with Gasteiger partial charge in [-0.3, -0.25) is 14.5 Å². The van der Waals surface area contributed by atoms with E-state index in [4.69, 9.17) is 9.90 Å². The number of imidazole rings is 1. The molecule has 1 aromatic carbocycles. The minimum Gasteiger partial charge on any atom is -0.483 e. The van der Waals surface area contributed by atoms with Gasteiger partial charge in [-0.15, -0.1) is 0 Å². The zero-order chi connectivity index (χ0) is 20.5. The number of H-pyrrole nitrogens is 2. The Kier molecular flexibility index (Phi) is 7.40. The van der Waals surface area contributed by atoms with E-state index < -0.39 is 0 Å². The summed E-state index contributed by atoms with van der Waals surface area (Å²) in [6.07, 6.45) is 8.04. The van der Waals surface area contributed by atoms with E-state index in [9.17, 15) is 4.79 Å². The van der Waals surface area contributed by atoms with Crippen LogP contribution in [0.4, 0.5) is 0 Å². The fourth-order valence-corrected chi connectivity index (χ4v) is 3.71. The lowest BCUT2D eigenvalue weighted by atomic mass is 10.1. The average molecular weight is 397 g/mol. The number of carbonyl (C=O) groups is 2. The summed E-state index contributed by atoms with van der Waals surface area (Å²) in [7, 11) is 0. The molecule has 0 bridgehead atoms. The largest absolute Gasteiger partial charge is 0.483 e. The summed E-state index contributed by atoms with van der Waals surface area (Å²) in [5.74, 6) is 1.25. The Hall–Kier alpha value is -3.13. The third-order valence-electron chi connectivity index (χ3n) is 5.15. The van der Waals surface area contributed by atoms with Crippen LogP contribution in [0.5, 0.6) is 0 Å². The van der Waals surface area contributed by atoms with E-state index in [1.165, 1.54) is 10.9 Å². The van der Waals surface area contributed by atoms with Crippen LogP contribution in [-0.2, 0) is 22.6 Å². The van der Waals surface area contributed by atoms with E-state index in [1.807, 2.05) is 29.4 Å². The predicted octanol–water partition coefficient (Wildman–Crippen LogP) is 2.26. The molecule has 0 atom stereocenters. The molecule has 4 rings (SSSR count). The number of para-hydroxylation sites is 1. The minimum absolute atomic E-state index is 0.250. The number of aromatic nitrogens is 3. The highest BCUT2D eigenvalue weighted by Gasteiger charge is 2.19. The Balaban J connectivity index is 0.000000755. The van der Waals surface area contributed by atoms with E-state index in [0.29, 0.717) is 6.42 Å². The van der Waals surface area contributed by atoms with Crippen molar-refractivity contribution >= 4 is 23.3 Å².